The van der Waals surface area contributed by atoms with Crippen molar-refractivity contribution in [2.45, 2.75) is 13.3 Å². The number of nitrogens with one attached hydrogen (secondary N) is 1. The van der Waals surface area contributed by atoms with Gasteiger partial charge in [0.15, 0.2) is 11.5 Å². The Morgan fingerprint density at radius 3 is 2.55 bits per heavy atom. The van der Waals surface area contributed by atoms with Crippen LogP contribution >= 0.6 is 11.6 Å². The number of methoxy groups -OCH3 is 2. The number of amides is 2. The Kier molecular flexibility index (Phi) is 6.49. The van der Waals surface area contributed by atoms with Crippen LogP contribution < -0.4 is 24.4 Å². The molecular weight excluding hydrogens is 396 g/mol. The van der Waals surface area contributed by atoms with Crippen molar-refractivity contribution in [3.8, 4) is 17.2 Å². The smallest absolute Gasteiger partial charge is 0.229 e. The third kappa shape index (κ3) is 4.56. The van der Waals surface area contributed by atoms with Gasteiger partial charge in [0.2, 0.25) is 11.8 Å². The zero-order valence-corrected chi connectivity index (χ0v) is 17.3. The SMILES string of the molecule is CCOc1ccc(NC(=O)[C@@H]2CC(=O)N(c3cc(Cl)ccc3OC)C2)cc1OC. The standard InChI is InChI=1S/C21H23ClN2O5/c1-4-29-18-8-6-15(11-19(18)28-3)23-21(26)13-9-20(25)24(12-13)16-10-14(22)5-7-17(16)27-2/h5-8,10-11,13H,4,9,12H2,1-3H3,(H,23,26)/t13-/m1/s1. The van der Waals surface area contributed by atoms with Crippen LogP contribution in [0, 0.1) is 5.92 Å². The highest BCUT2D eigenvalue weighted by Crippen LogP contribution is 2.36. The van der Waals surface area contributed by atoms with Crippen molar-refractivity contribution in [1.82, 2.24) is 0 Å². The summed E-state index contributed by atoms with van der Waals surface area (Å²) in [5.74, 6) is 0.757. The molecule has 0 aromatic heterocycles. The van der Waals surface area contributed by atoms with Crippen molar-refractivity contribution in [3.05, 3.63) is 41.4 Å². The number of benzene rings is 2. The van der Waals surface area contributed by atoms with E-state index >= 15 is 0 Å². The Morgan fingerprint density at radius 2 is 1.86 bits per heavy atom. The van der Waals surface area contributed by atoms with Crippen LogP contribution in [0.5, 0.6) is 17.2 Å². The summed E-state index contributed by atoms with van der Waals surface area (Å²) in [4.78, 5) is 26.8. The molecular formula is C21H23ClN2O5. The molecule has 1 saturated heterocycles. The fourth-order valence-corrected chi connectivity index (χ4v) is 3.42. The first-order chi connectivity index (χ1) is 14.0. The molecule has 1 atom stereocenters. The van der Waals surface area contributed by atoms with Gasteiger partial charge in [-0.2, -0.15) is 0 Å². The first-order valence-electron chi connectivity index (χ1n) is 9.22. The number of carbonyl (C=O) groups excluding carboxylic acids is 2. The van der Waals surface area contributed by atoms with Crippen molar-refractivity contribution in [1.29, 1.82) is 0 Å². The third-order valence-electron chi connectivity index (χ3n) is 4.66. The molecule has 2 aromatic rings. The van der Waals surface area contributed by atoms with Crippen LogP contribution in [0.3, 0.4) is 0 Å². The fourth-order valence-electron chi connectivity index (χ4n) is 3.25. The lowest BCUT2D eigenvalue weighted by molar-refractivity contribution is -0.122. The van der Waals surface area contributed by atoms with Crippen LogP contribution in [0.15, 0.2) is 36.4 Å². The van der Waals surface area contributed by atoms with Crippen LogP contribution in [0.2, 0.25) is 5.02 Å². The van der Waals surface area contributed by atoms with E-state index in [2.05, 4.69) is 5.32 Å². The molecule has 8 heteroatoms. The van der Waals surface area contributed by atoms with Gasteiger partial charge in [-0.15, -0.1) is 0 Å². The maximum Gasteiger partial charge on any atom is 0.229 e. The number of nitrogens with zero attached hydrogens (tertiary/aromatic N) is 1. The van der Waals surface area contributed by atoms with Gasteiger partial charge >= 0.3 is 0 Å². The Labute approximate surface area is 174 Å². The van der Waals surface area contributed by atoms with E-state index in [1.165, 1.54) is 19.1 Å². The second-order valence-corrected chi connectivity index (χ2v) is 6.95. The monoisotopic (exact) mass is 418 g/mol. The molecule has 1 fully saturated rings. The van der Waals surface area contributed by atoms with Gasteiger partial charge in [0.25, 0.3) is 0 Å². The topological polar surface area (TPSA) is 77.1 Å². The number of ether oxygens (including phenoxy) is 3. The first kappa shape index (κ1) is 20.8. The van der Waals surface area contributed by atoms with E-state index < -0.39 is 5.92 Å². The average molecular weight is 419 g/mol. The molecule has 7 nitrogen and oxygen atoms in total. The van der Waals surface area contributed by atoms with E-state index in [0.717, 1.165) is 0 Å². The van der Waals surface area contributed by atoms with E-state index in [4.69, 9.17) is 25.8 Å². The Balaban J connectivity index is 1.73. The molecule has 0 radical (unpaired) electrons. The minimum absolute atomic E-state index is 0.107. The second kappa shape index (κ2) is 9.05. The predicted octanol–water partition coefficient (Wildman–Crippen LogP) is 3.75. The quantitative estimate of drug-likeness (QED) is 0.741. The van der Waals surface area contributed by atoms with E-state index in [1.807, 2.05) is 6.92 Å². The van der Waals surface area contributed by atoms with E-state index in [0.29, 0.717) is 40.3 Å². The van der Waals surface area contributed by atoms with Gasteiger partial charge in [0.1, 0.15) is 5.75 Å². The lowest BCUT2D eigenvalue weighted by Crippen LogP contribution is -2.28. The summed E-state index contributed by atoms with van der Waals surface area (Å²) in [7, 11) is 3.06. The van der Waals surface area contributed by atoms with E-state index in [9.17, 15) is 9.59 Å². The summed E-state index contributed by atoms with van der Waals surface area (Å²) in [6.45, 7) is 2.64. The van der Waals surface area contributed by atoms with Gasteiger partial charge < -0.3 is 24.4 Å². The highest BCUT2D eigenvalue weighted by Gasteiger charge is 2.36. The van der Waals surface area contributed by atoms with Crippen molar-refractivity contribution in [2.75, 3.05) is 37.6 Å². The summed E-state index contributed by atoms with van der Waals surface area (Å²) >= 11 is 6.08. The molecule has 2 aromatic carbocycles. The summed E-state index contributed by atoms with van der Waals surface area (Å²) in [5, 5.41) is 3.34. The number of anilines is 2. The lowest BCUT2D eigenvalue weighted by Gasteiger charge is -2.20. The number of halogens is 1. The van der Waals surface area contributed by atoms with Crippen LogP contribution in [-0.4, -0.2) is 39.2 Å². The van der Waals surface area contributed by atoms with Crippen LogP contribution in [0.1, 0.15) is 13.3 Å². The third-order valence-corrected chi connectivity index (χ3v) is 4.89. The van der Waals surface area contributed by atoms with Crippen LogP contribution in [-0.2, 0) is 9.59 Å². The molecule has 154 valence electrons. The molecule has 0 bridgehead atoms. The van der Waals surface area contributed by atoms with E-state index in [1.54, 1.807) is 36.4 Å². The maximum atomic E-state index is 12.7. The summed E-state index contributed by atoms with van der Waals surface area (Å²) < 4.78 is 16.1. The molecule has 0 unspecified atom stereocenters. The minimum Gasteiger partial charge on any atom is -0.495 e. The van der Waals surface area contributed by atoms with E-state index in [-0.39, 0.29) is 24.8 Å². The fraction of sp³-hybridized carbons (Fsp3) is 0.333. The van der Waals surface area contributed by atoms with Gasteiger partial charge in [0.05, 0.1) is 32.4 Å². The Morgan fingerprint density at radius 1 is 1.14 bits per heavy atom. The Bertz CT molecular complexity index is 918. The molecule has 1 aliphatic heterocycles. The summed E-state index contributed by atoms with van der Waals surface area (Å²) in [6, 6.07) is 10.2. The molecule has 1 aliphatic rings. The highest BCUT2D eigenvalue weighted by atomic mass is 35.5. The number of carbonyl (C=O) groups is 2. The molecule has 0 spiro atoms. The van der Waals surface area contributed by atoms with Gasteiger partial charge in [-0.1, -0.05) is 11.6 Å². The normalized spacial score (nSPS) is 15.9. The van der Waals surface area contributed by atoms with Crippen molar-refractivity contribution in [2.24, 2.45) is 5.92 Å². The molecule has 0 aliphatic carbocycles. The van der Waals surface area contributed by atoms with Gasteiger partial charge in [-0.25, -0.2) is 0 Å². The zero-order valence-electron chi connectivity index (χ0n) is 16.5. The van der Waals surface area contributed by atoms with Gasteiger partial charge in [-0.3, -0.25) is 9.59 Å². The van der Waals surface area contributed by atoms with Crippen LogP contribution in [0.4, 0.5) is 11.4 Å². The molecule has 1 heterocycles. The predicted molar refractivity (Wildman–Crippen MR) is 111 cm³/mol. The minimum atomic E-state index is -0.497. The van der Waals surface area contributed by atoms with Crippen LogP contribution in [0.25, 0.3) is 0 Å². The highest BCUT2D eigenvalue weighted by molar-refractivity contribution is 6.31. The van der Waals surface area contributed by atoms with Gasteiger partial charge in [-0.05, 0) is 37.3 Å². The molecule has 1 N–H and O–H groups in total. The largest absolute Gasteiger partial charge is 0.495 e. The second-order valence-electron chi connectivity index (χ2n) is 6.51. The molecule has 2 amide bonds. The summed E-state index contributed by atoms with van der Waals surface area (Å²) in [6.07, 6.45) is 0.107. The average Bonchev–Trinajstić information content (AvgIpc) is 3.11. The maximum absolute atomic E-state index is 12.7. The molecule has 3 rings (SSSR count). The van der Waals surface area contributed by atoms with Crippen molar-refractivity contribution < 1.29 is 23.8 Å². The number of hydrogen-bond acceptors (Lipinski definition) is 5. The summed E-state index contributed by atoms with van der Waals surface area (Å²) in [5.41, 5.74) is 1.13. The number of rotatable bonds is 7. The first-order valence-corrected chi connectivity index (χ1v) is 9.60. The zero-order chi connectivity index (χ0) is 21.0. The molecule has 0 saturated carbocycles. The Hall–Kier alpha value is -2.93. The number of hydrogen-bond donors (Lipinski definition) is 1. The lowest BCUT2D eigenvalue weighted by atomic mass is 10.1. The van der Waals surface area contributed by atoms with Gasteiger partial charge in [0, 0.05) is 29.7 Å². The molecule has 29 heavy (non-hydrogen) atoms. The van der Waals surface area contributed by atoms with Crippen molar-refractivity contribution >= 4 is 34.8 Å². The van der Waals surface area contributed by atoms with Crippen molar-refractivity contribution in [3.63, 3.8) is 0 Å².